The number of fused-ring (bicyclic) bond motifs is 1. The van der Waals surface area contributed by atoms with E-state index in [4.69, 9.17) is 24.7 Å². The van der Waals surface area contributed by atoms with Crippen molar-refractivity contribution in [1.82, 2.24) is 19.5 Å². The van der Waals surface area contributed by atoms with Gasteiger partial charge in [-0.1, -0.05) is 0 Å². The number of ether oxygens (including phenoxy) is 4. The Bertz CT molecular complexity index is 965. The van der Waals surface area contributed by atoms with E-state index in [0.29, 0.717) is 11.2 Å². The van der Waals surface area contributed by atoms with Crippen LogP contribution in [-0.4, -0.2) is 62.3 Å². The molecule has 3 rings (SSSR count). The average molecular weight is 472 g/mol. The lowest BCUT2D eigenvalue weighted by atomic mass is 10.1. The minimum atomic E-state index is -1.07. The summed E-state index contributed by atoms with van der Waals surface area (Å²) >= 11 is 3.32. The molecule has 29 heavy (non-hydrogen) atoms. The summed E-state index contributed by atoms with van der Waals surface area (Å²) in [6.07, 6.45) is -2.76. The second-order valence-electron chi connectivity index (χ2n) is 6.20. The number of carbonyl (C=O) groups excluding carboxylic acids is 3. The number of carbonyl (C=O) groups is 3. The summed E-state index contributed by atoms with van der Waals surface area (Å²) in [4.78, 5) is 47.0. The maximum absolute atomic E-state index is 11.7. The molecule has 0 amide bonds. The Morgan fingerprint density at radius 2 is 1.79 bits per heavy atom. The van der Waals surface area contributed by atoms with Crippen molar-refractivity contribution < 1.29 is 33.3 Å². The third-order valence-electron chi connectivity index (χ3n) is 4.06. The third kappa shape index (κ3) is 4.29. The molecule has 0 radical (unpaired) electrons. The van der Waals surface area contributed by atoms with Crippen molar-refractivity contribution in [3.05, 3.63) is 11.1 Å². The van der Waals surface area contributed by atoms with Crippen LogP contribution in [0.2, 0.25) is 0 Å². The van der Waals surface area contributed by atoms with Gasteiger partial charge < -0.3 is 24.7 Å². The highest BCUT2D eigenvalue weighted by atomic mass is 79.9. The van der Waals surface area contributed by atoms with Crippen LogP contribution in [0.5, 0.6) is 0 Å². The summed E-state index contributed by atoms with van der Waals surface area (Å²) in [6.45, 7) is 3.43. The molecule has 0 aromatic carbocycles. The molecule has 13 heteroatoms. The maximum Gasteiger partial charge on any atom is 0.303 e. The molecule has 0 aliphatic carbocycles. The van der Waals surface area contributed by atoms with Gasteiger partial charge in [0.15, 0.2) is 40.2 Å². The molecule has 1 fully saturated rings. The summed E-state index contributed by atoms with van der Waals surface area (Å²) in [5.41, 5.74) is 6.46. The number of halogens is 1. The van der Waals surface area contributed by atoms with Gasteiger partial charge in [0, 0.05) is 20.8 Å². The van der Waals surface area contributed by atoms with E-state index in [-0.39, 0.29) is 17.2 Å². The molecular formula is C16H18BrN5O7. The van der Waals surface area contributed by atoms with Gasteiger partial charge in [0.25, 0.3) is 0 Å². The van der Waals surface area contributed by atoms with Gasteiger partial charge in [-0.3, -0.25) is 19.0 Å². The minimum Gasteiger partial charge on any atom is -0.463 e. The zero-order valence-corrected chi connectivity index (χ0v) is 17.3. The topological polar surface area (TPSA) is 158 Å². The first-order valence-corrected chi connectivity index (χ1v) is 9.25. The van der Waals surface area contributed by atoms with Crippen molar-refractivity contribution >= 4 is 50.8 Å². The van der Waals surface area contributed by atoms with Gasteiger partial charge in [-0.2, -0.15) is 0 Å². The summed E-state index contributed by atoms with van der Waals surface area (Å²) in [5, 5.41) is 0. The van der Waals surface area contributed by atoms with Crippen LogP contribution in [0.3, 0.4) is 0 Å². The summed E-state index contributed by atoms with van der Waals surface area (Å²) in [5.74, 6) is -1.64. The van der Waals surface area contributed by atoms with Crippen LogP contribution in [0.15, 0.2) is 11.1 Å². The second-order valence-corrected chi connectivity index (χ2v) is 6.91. The van der Waals surface area contributed by atoms with Crippen molar-refractivity contribution in [3.8, 4) is 0 Å². The predicted octanol–water partition coefficient (Wildman–Crippen LogP) is 0.495. The first-order chi connectivity index (χ1) is 13.7. The summed E-state index contributed by atoms with van der Waals surface area (Å²) in [7, 11) is 0. The molecule has 1 aliphatic heterocycles. The Morgan fingerprint density at radius 1 is 1.14 bits per heavy atom. The van der Waals surface area contributed by atoms with Crippen LogP contribution in [0.1, 0.15) is 27.0 Å². The zero-order chi connectivity index (χ0) is 21.3. The molecule has 2 N–H and O–H groups in total. The lowest BCUT2D eigenvalue weighted by Gasteiger charge is -2.24. The molecule has 2 aromatic rings. The normalized spacial score (nSPS) is 23.7. The third-order valence-corrected chi connectivity index (χ3v) is 4.62. The molecule has 0 bridgehead atoms. The number of rotatable bonds is 5. The van der Waals surface area contributed by atoms with Gasteiger partial charge in [0.05, 0.1) is 0 Å². The minimum absolute atomic E-state index is 0.143. The van der Waals surface area contributed by atoms with E-state index >= 15 is 0 Å². The van der Waals surface area contributed by atoms with E-state index in [1.165, 1.54) is 31.7 Å². The molecular weight excluding hydrogens is 454 g/mol. The number of hydrogen-bond donors (Lipinski definition) is 1. The fourth-order valence-electron chi connectivity index (χ4n) is 3.03. The number of hydrogen-bond acceptors (Lipinski definition) is 11. The van der Waals surface area contributed by atoms with E-state index in [2.05, 4.69) is 30.9 Å². The average Bonchev–Trinajstić information content (AvgIpc) is 3.11. The molecule has 156 valence electrons. The SMILES string of the molecule is CC(=O)OC[C@@H]1O[C@H](n2c(Br)nc3c(N)ncnc32)[C@H](OC(C)=O)[C@H]1OC(C)=O. The number of esters is 3. The van der Waals surface area contributed by atoms with E-state index < -0.39 is 42.4 Å². The molecule has 4 atom stereocenters. The summed E-state index contributed by atoms with van der Waals surface area (Å²) < 4.78 is 23.5. The van der Waals surface area contributed by atoms with Crippen molar-refractivity contribution in [1.29, 1.82) is 0 Å². The number of nitrogens with zero attached hydrogens (tertiary/aromatic N) is 4. The van der Waals surface area contributed by atoms with E-state index in [1.807, 2.05) is 0 Å². The largest absolute Gasteiger partial charge is 0.463 e. The van der Waals surface area contributed by atoms with Crippen molar-refractivity contribution in [2.75, 3.05) is 12.3 Å². The highest BCUT2D eigenvalue weighted by molar-refractivity contribution is 9.10. The molecule has 2 aromatic heterocycles. The summed E-state index contributed by atoms with van der Waals surface area (Å²) in [6, 6.07) is 0. The van der Waals surface area contributed by atoms with Crippen molar-refractivity contribution in [3.63, 3.8) is 0 Å². The Morgan fingerprint density at radius 3 is 2.41 bits per heavy atom. The van der Waals surface area contributed by atoms with Crippen LogP contribution >= 0.6 is 15.9 Å². The van der Waals surface area contributed by atoms with Gasteiger partial charge in [0.2, 0.25) is 0 Å². The predicted molar refractivity (Wildman–Crippen MR) is 99.1 cm³/mol. The molecule has 12 nitrogen and oxygen atoms in total. The first kappa shape index (κ1) is 20.9. The fraction of sp³-hybridized carbons (Fsp3) is 0.500. The highest BCUT2D eigenvalue weighted by Gasteiger charge is 2.51. The van der Waals surface area contributed by atoms with Gasteiger partial charge in [-0.25, -0.2) is 15.0 Å². The first-order valence-electron chi connectivity index (χ1n) is 8.46. The molecule has 0 saturated carbocycles. The highest BCUT2D eigenvalue weighted by Crippen LogP contribution is 2.38. The van der Waals surface area contributed by atoms with Gasteiger partial charge >= 0.3 is 17.9 Å². The van der Waals surface area contributed by atoms with Gasteiger partial charge in [0.1, 0.15) is 19.0 Å². The van der Waals surface area contributed by atoms with Crippen molar-refractivity contribution in [2.24, 2.45) is 0 Å². The standard InChI is InChI=1S/C16H18BrN5O7/c1-6(23)26-4-9-11(27-7(2)24)12(28-8(3)25)15(29-9)22-14-10(21-16(22)17)13(18)19-5-20-14/h5,9,11-12,15H,4H2,1-3H3,(H2,18,19,20)/t9-,11-,12+,15-/m0/s1. The van der Waals surface area contributed by atoms with Crippen molar-refractivity contribution in [2.45, 2.75) is 45.3 Å². The number of nitrogen functional groups attached to an aromatic ring is 1. The van der Waals surface area contributed by atoms with Gasteiger partial charge in [-0.05, 0) is 15.9 Å². The van der Waals surface area contributed by atoms with Crippen LogP contribution in [-0.2, 0) is 33.3 Å². The molecule has 1 aliphatic rings. The van der Waals surface area contributed by atoms with Crippen LogP contribution in [0.25, 0.3) is 11.2 Å². The molecule has 1 saturated heterocycles. The van der Waals surface area contributed by atoms with E-state index in [9.17, 15) is 14.4 Å². The Labute approximate surface area is 172 Å². The number of nitrogens with two attached hydrogens (primary N) is 1. The Kier molecular flexibility index (Phi) is 5.98. The zero-order valence-electron chi connectivity index (χ0n) is 15.7. The quantitative estimate of drug-likeness (QED) is 0.367. The van der Waals surface area contributed by atoms with Gasteiger partial charge in [-0.15, -0.1) is 0 Å². The smallest absolute Gasteiger partial charge is 0.303 e. The Hall–Kier alpha value is -2.80. The molecule has 0 spiro atoms. The number of imidazole rings is 1. The van der Waals surface area contributed by atoms with Crippen LogP contribution in [0.4, 0.5) is 5.82 Å². The Balaban J connectivity index is 2.07. The maximum atomic E-state index is 11.7. The van der Waals surface area contributed by atoms with Crippen LogP contribution in [0, 0.1) is 0 Å². The van der Waals surface area contributed by atoms with Crippen LogP contribution < -0.4 is 5.73 Å². The monoisotopic (exact) mass is 471 g/mol. The van der Waals surface area contributed by atoms with E-state index in [1.54, 1.807) is 0 Å². The number of aromatic nitrogens is 4. The fourth-order valence-corrected chi connectivity index (χ4v) is 3.57. The number of anilines is 1. The molecule has 3 heterocycles. The molecule has 0 unspecified atom stereocenters. The van der Waals surface area contributed by atoms with E-state index in [0.717, 1.165) is 0 Å². The second kappa shape index (κ2) is 8.29. The lowest BCUT2D eigenvalue weighted by molar-refractivity contribution is -0.166. The lowest BCUT2D eigenvalue weighted by Crippen LogP contribution is -2.40.